The third-order valence-electron chi connectivity index (χ3n) is 4.51. The van der Waals surface area contributed by atoms with E-state index in [1.165, 1.54) is 6.92 Å². The molecule has 0 spiro atoms. The molecule has 0 aromatic carbocycles. The van der Waals surface area contributed by atoms with Gasteiger partial charge in [0.05, 0.1) is 30.8 Å². The molecule has 0 aromatic heterocycles. The number of hydrogen-bond donors (Lipinski definition) is 5. The Balaban J connectivity index is 5.62. The molecule has 220 valence electrons. The summed E-state index contributed by atoms with van der Waals surface area (Å²) >= 11 is 0. The zero-order valence-corrected chi connectivity index (χ0v) is 24.4. The minimum atomic E-state index is -1.43. The van der Waals surface area contributed by atoms with Gasteiger partial charge in [0.15, 0.2) is 0 Å². The van der Waals surface area contributed by atoms with E-state index < -0.39 is 77.0 Å². The lowest BCUT2D eigenvalue weighted by Gasteiger charge is -2.28. The van der Waals surface area contributed by atoms with Crippen LogP contribution in [0.5, 0.6) is 0 Å². The van der Waals surface area contributed by atoms with Crippen molar-refractivity contribution in [1.29, 1.82) is 0 Å². The van der Waals surface area contributed by atoms with Crippen molar-refractivity contribution in [2.24, 2.45) is 11.5 Å². The molecular formula is C25H47N5O8. The molecule has 0 saturated heterocycles. The molecule has 7 N–H and O–H groups in total. The van der Waals surface area contributed by atoms with Crippen molar-refractivity contribution in [2.45, 2.75) is 117 Å². The van der Waals surface area contributed by atoms with E-state index in [0.29, 0.717) is 0 Å². The lowest BCUT2D eigenvalue weighted by Crippen LogP contribution is -2.59. The summed E-state index contributed by atoms with van der Waals surface area (Å²) in [6.07, 6.45) is -0.557. The maximum Gasteiger partial charge on any atom is 0.328 e. The average Bonchev–Trinajstić information content (AvgIpc) is 2.71. The standard InChI is InChI=1S/C25H47N5O8/c1-14(22(35)38-25(8,9)10)28-20(33)16(11-18(27)31)29-21(34)17(13-37-24(5,6)7)30-19(32)15(26)12-36-23(2,3)4/h14-17H,11-13,26H2,1-10H3,(H2,27,31)(H,28,33)(H,29,34)(H,30,32)/t14-,15-,16-,17-/m0/s1. The Morgan fingerprint density at radius 1 is 0.684 bits per heavy atom. The molecule has 4 atom stereocenters. The van der Waals surface area contributed by atoms with Gasteiger partial charge in [-0.3, -0.25) is 19.2 Å². The number of hydrogen-bond acceptors (Lipinski definition) is 9. The first-order chi connectivity index (χ1) is 17.0. The Labute approximate surface area is 225 Å². The van der Waals surface area contributed by atoms with Crippen molar-refractivity contribution in [3.8, 4) is 0 Å². The fraction of sp³-hybridized carbons (Fsp3) is 0.800. The maximum atomic E-state index is 13.1. The number of nitrogens with one attached hydrogen (secondary N) is 3. The molecule has 0 fully saturated rings. The zero-order valence-electron chi connectivity index (χ0n) is 24.4. The van der Waals surface area contributed by atoms with Crippen LogP contribution in [-0.2, 0) is 38.2 Å². The summed E-state index contributed by atoms with van der Waals surface area (Å²) in [6.45, 7) is 16.7. The molecule has 0 aliphatic heterocycles. The molecule has 4 amide bonds. The van der Waals surface area contributed by atoms with Crippen molar-refractivity contribution in [1.82, 2.24) is 16.0 Å². The summed E-state index contributed by atoms with van der Waals surface area (Å²) in [5.74, 6) is -3.92. The normalized spacial score (nSPS) is 15.4. The summed E-state index contributed by atoms with van der Waals surface area (Å²) in [7, 11) is 0. The lowest BCUT2D eigenvalue weighted by molar-refractivity contribution is -0.158. The van der Waals surface area contributed by atoms with Crippen molar-refractivity contribution in [2.75, 3.05) is 13.2 Å². The number of carbonyl (C=O) groups is 5. The number of ether oxygens (including phenoxy) is 3. The van der Waals surface area contributed by atoms with Gasteiger partial charge >= 0.3 is 5.97 Å². The van der Waals surface area contributed by atoms with Crippen LogP contribution in [0, 0.1) is 0 Å². The van der Waals surface area contributed by atoms with Gasteiger partial charge in [-0.1, -0.05) is 0 Å². The van der Waals surface area contributed by atoms with Gasteiger partial charge in [0.2, 0.25) is 23.6 Å². The number of rotatable bonds is 13. The minimum Gasteiger partial charge on any atom is -0.458 e. The van der Waals surface area contributed by atoms with Crippen molar-refractivity contribution >= 4 is 29.6 Å². The molecule has 0 aliphatic carbocycles. The summed E-state index contributed by atoms with van der Waals surface area (Å²) in [5.41, 5.74) is 9.22. The molecule has 0 heterocycles. The highest BCUT2D eigenvalue weighted by Crippen LogP contribution is 2.10. The largest absolute Gasteiger partial charge is 0.458 e. The van der Waals surface area contributed by atoms with Gasteiger partial charge in [0.25, 0.3) is 0 Å². The molecule has 38 heavy (non-hydrogen) atoms. The van der Waals surface area contributed by atoms with E-state index in [-0.39, 0.29) is 13.2 Å². The van der Waals surface area contributed by atoms with Gasteiger partial charge in [0.1, 0.15) is 29.8 Å². The Hall–Kier alpha value is -2.77. The smallest absolute Gasteiger partial charge is 0.328 e. The molecular weight excluding hydrogens is 498 g/mol. The quantitative estimate of drug-likeness (QED) is 0.191. The second kappa shape index (κ2) is 14.4. The third-order valence-corrected chi connectivity index (χ3v) is 4.51. The summed E-state index contributed by atoms with van der Waals surface area (Å²) in [5, 5.41) is 7.32. The monoisotopic (exact) mass is 545 g/mol. The van der Waals surface area contributed by atoms with Crippen LogP contribution in [0.15, 0.2) is 0 Å². The van der Waals surface area contributed by atoms with E-state index in [1.54, 1.807) is 62.3 Å². The maximum absolute atomic E-state index is 13.1. The number of nitrogens with two attached hydrogens (primary N) is 2. The van der Waals surface area contributed by atoms with Crippen LogP contribution in [0.1, 0.15) is 75.7 Å². The van der Waals surface area contributed by atoms with Crippen molar-refractivity contribution < 1.29 is 38.2 Å². The van der Waals surface area contributed by atoms with E-state index in [4.69, 9.17) is 25.7 Å². The molecule has 0 unspecified atom stereocenters. The summed E-state index contributed by atoms with van der Waals surface area (Å²) < 4.78 is 16.4. The van der Waals surface area contributed by atoms with E-state index in [0.717, 1.165) is 0 Å². The third kappa shape index (κ3) is 16.2. The topological polar surface area (TPSA) is 201 Å². The van der Waals surface area contributed by atoms with Gasteiger partial charge in [0, 0.05) is 0 Å². The summed E-state index contributed by atoms with van der Waals surface area (Å²) in [4.78, 5) is 62.5. The van der Waals surface area contributed by atoms with Crippen LogP contribution in [0.25, 0.3) is 0 Å². The van der Waals surface area contributed by atoms with Crippen LogP contribution in [0.4, 0.5) is 0 Å². The Morgan fingerprint density at radius 2 is 1.13 bits per heavy atom. The molecule has 13 nitrogen and oxygen atoms in total. The molecule has 0 radical (unpaired) electrons. The Kier molecular flexibility index (Phi) is 13.4. The van der Waals surface area contributed by atoms with Gasteiger partial charge in [-0.25, -0.2) is 4.79 Å². The van der Waals surface area contributed by atoms with Gasteiger partial charge in [-0.2, -0.15) is 0 Å². The van der Waals surface area contributed by atoms with Crippen LogP contribution >= 0.6 is 0 Å². The number of carbonyl (C=O) groups excluding carboxylic acids is 5. The van der Waals surface area contributed by atoms with Gasteiger partial charge in [-0.05, 0) is 69.2 Å². The zero-order chi connectivity index (χ0) is 30.1. The highest BCUT2D eigenvalue weighted by atomic mass is 16.6. The Bertz CT molecular complexity index is 842. The minimum absolute atomic E-state index is 0.0982. The first-order valence-electron chi connectivity index (χ1n) is 12.5. The molecule has 0 aliphatic rings. The van der Waals surface area contributed by atoms with E-state index >= 15 is 0 Å². The van der Waals surface area contributed by atoms with E-state index in [2.05, 4.69) is 16.0 Å². The van der Waals surface area contributed by atoms with Gasteiger partial charge < -0.3 is 41.6 Å². The van der Waals surface area contributed by atoms with E-state index in [9.17, 15) is 24.0 Å². The predicted octanol–water partition coefficient (Wildman–Crippen LogP) is -0.365. The summed E-state index contributed by atoms with van der Waals surface area (Å²) in [6, 6.07) is -4.86. The first-order valence-corrected chi connectivity index (χ1v) is 12.5. The lowest BCUT2D eigenvalue weighted by atomic mass is 10.1. The fourth-order valence-corrected chi connectivity index (χ4v) is 2.66. The fourth-order valence-electron chi connectivity index (χ4n) is 2.66. The predicted molar refractivity (Wildman–Crippen MR) is 141 cm³/mol. The number of amides is 4. The van der Waals surface area contributed by atoms with Crippen molar-refractivity contribution in [3.63, 3.8) is 0 Å². The highest BCUT2D eigenvalue weighted by molar-refractivity contribution is 5.96. The van der Waals surface area contributed by atoms with E-state index in [1.807, 2.05) is 0 Å². The molecule has 0 saturated carbocycles. The highest BCUT2D eigenvalue weighted by Gasteiger charge is 2.32. The van der Waals surface area contributed by atoms with Crippen LogP contribution in [0.2, 0.25) is 0 Å². The number of primary amides is 1. The van der Waals surface area contributed by atoms with Crippen LogP contribution in [0.3, 0.4) is 0 Å². The first kappa shape index (κ1) is 35.2. The number of esters is 1. The molecule has 0 bridgehead atoms. The molecule has 0 aromatic rings. The second-order valence-corrected chi connectivity index (χ2v) is 12.0. The van der Waals surface area contributed by atoms with Crippen LogP contribution < -0.4 is 27.4 Å². The molecule has 0 rings (SSSR count). The molecule has 13 heteroatoms. The van der Waals surface area contributed by atoms with Gasteiger partial charge in [-0.15, -0.1) is 0 Å². The van der Waals surface area contributed by atoms with Crippen LogP contribution in [-0.4, -0.2) is 83.8 Å². The second-order valence-electron chi connectivity index (χ2n) is 12.0. The average molecular weight is 546 g/mol. The van der Waals surface area contributed by atoms with Crippen molar-refractivity contribution in [3.05, 3.63) is 0 Å². The Morgan fingerprint density at radius 3 is 1.58 bits per heavy atom. The SMILES string of the molecule is C[C@H](NC(=O)[C@H](CC(N)=O)NC(=O)[C@H](COC(C)(C)C)NC(=O)[C@@H](N)COC(C)(C)C)C(=O)OC(C)(C)C.